The molecule has 92 valence electrons. The molecule has 1 aromatic carbocycles. The second-order valence-corrected chi connectivity index (χ2v) is 4.59. The fraction of sp³-hybridized carbons (Fsp3) is 0.429. The molecule has 1 atom stereocenters. The Bertz CT molecular complexity index is 420. The van der Waals surface area contributed by atoms with Gasteiger partial charge in [0.2, 0.25) is 0 Å². The minimum absolute atomic E-state index is 0.276. The summed E-state index contributed by atoms with van der Waals surface area (Å²) in [7, 11) is 0. The van der Waals surface area contributed by atoms with Crippen LogP contribution < -0.4 is 10.1 Å². The van der Waals surface area contributed by atoms with Gasteiger partial charge in [0.05, 0.1) is 0 Å². The minimum atomic E-state index is 0.276. The molecule has 0 heterocycles. The molecule has 0 fully saturated rings. The highest BCUT2D eigenvalue weighted by Gasteiger charge is 2.10. The van der Waals surface area contributed by atoms with E-state index in [1.807, 2.05) is 19.1 Å². The first-order valence-electron chi connectivity index (χ1n) is 5.74. The van der Waals surface area contributed by atoms with E-state index in [-0.39, 0.29) is 6.04 Å². The summed E-state index contributed by atoms with van der Waals surface area (Å²) >= 11 is 3.46. The van der Waals surface area contributed by atoms with Crippen molar-refractivity contribution in [1.29, 1.82) is 0 Å². The topological polar surface area (TPSA) is 21.3 Å². The molecule has 1 N–H and O–H groups in total. The van der Waals surface area contributed by atoms with Gasteiger partial charge in [0, 0.05) is 16.1 Å². The highest BCUT2D eigenvalue weighted by Crippen LogP contribution is 2.28. The molecule has 0 aliphatic rings. The van der Waals surface area contributed by atoms with Gasteiger partial charge in [0.15, 0.2) is 0 Å². The summed E-state index contributed by atoms with van der Waals surface area (Å²) in [4.78, 5) is 0. The van der Waals surface area contributed by atoms with Crippen LogP contribution >= 0.6 is 15.9 Å². The first-order chi connectivity index (χ1) is 8.19. The quantitative estimate of drug-likeness (QED) is 0.839. The van der Waals surface area contributed by atoms with Crippen LogP contribution in [-0.2, 0) is 0 Å². The van der Waals surface area contributed by atoms with Crippen LogP contribution in [0.1, 0.15) is 32.4 Å². The molecule has 1 rings (SSSR count). The molecular weight excluding hydrogens is 278 g/mol. The largest absolute Gasteiger partial charge is 0.481 e. The van der Waals surface area contributed by atoms with Crippen LogP contribution in [0.25, 0.3) is 0 Å². The van der Waals surface area contributed by atoms with Gasteiger partial charge in [0.1, 0.15) is 12.4 Å². The van der Waals surface area contributed by atoms with E-state index >= 15 is 0 Å². The van der Waals surface area contributed by atoms with Crippen LogP contribution in [0.4, 0.5) is 0 Å². The molecule has 0 aliphatic heterocycles. The van der Waals surface area contributed by atoms with E-state index in [0.717, 1.165) is 22.3 Å². The Kier molecular flexibility index (Phi) is 6.10. The lowest BCUT2D eigenvalue weighted by Crippen LogP contribution is -2.18. The molecule has 0 saturated carbocycles. The normalized spacial score (nSPS) is 11.5. The molecule has 0 radical (unpaired) electrons. The molecule has 17 heavy (non-hydrogen) atoms. The fourth-order valence-corrected chi connectivity index (χ4v) is 1.93. The van der Waals surface area contributed by atoms with Gasteiger partial charge in [-0.25, -0.2) is 0 Å². The Labute approximate surface area is 112 Å². The Morgan fingerprint density at radius 2 is 2.24 bits per heavy atom. The van der Waals surface area contributed by atoms with E-state index in [2.05, 4.69) is 53.0 Å². The minimum Gasteiger partial charge on any atom is -0.481 e. The average molecular weight is 296 g/mol. The zero-order valence-corrected chi connectivity index (χ0v) is 12.1. The van der Waals surface area contributed by atoms with Crippen molar-refractivity contribution in [1.82, 2.24) is 5.32 Å². The maximum absolute atomic E-state index is 5.68. The number of benzene rings is 1. The molecule has 0 amide bonds. The van der Waals surface area contributed by atoms with Crippen molar-refractivity contribution in [2.75, 3.05) is 13.2 Å². The predicted octanol–water partition coefficient (Wildman–Crippen LogP) is 3.52. The van der Waals surface area contributed by atoms with Crippen LogP contribution in [-0.4, -0.2) is 13.2 Å². The van der Waals surface area contributed by atoms with Gasteiger partial charge in [-0.15, -0.1) is 5.92 Å². The molecule has 1 unspecified atom stereocenters. The fourth-order valence-electron chi connectivity index (χ4n) is 1.59. The lowest BCUT2D eigenvalue weighted by molar-refractivity contribution is 0.360. The first-order valence-corrected chi connectivity index (χ1v) is 6.53. The molecule has 2 nitrogen and oxygen atoms in total. The van der Waals surface area contributed by atoms with Crippen LogP contribution in [0.5, 0.6) is 5.75 Å². The molecule has 3 heteroatoms. The number of nitrogens with one attached hydrogen (secondary N) is 1. The second kappa shape index (κ2) is 7.37. The van der Waals surface area contributed by atoms with E-state index in [4.69, 9.17) is 4.74 Å². The van der Waals surface area contributed by atoms with E-state index in [1.165, 1.54) is 0 Å². The van der Waals surface area contributed by atoms with Crippen LogP contribution in [0.2, 0.25) is 0 Å². The van der Waals surface area contributed by atoms with Crippen molar-refractivity contribution in [3.8, 4) is 17.6 Å². The Morgan fingerprint density at radius 3 is 2.88 bits per heavy atom. The van der Waals surface area contributed by atoms with Crippen molar-refractivity contribution >= 4 is 15.9 Å². The highest BCUT2D eigenvalue weighted by molar-refractivity contribution is 9.10. The third-order valence-electron chi connectivity index (χ3n) is 2.43. The average Bonchev–Trinajstić information content (AvgIpc) is 2.30. The Balaban J connectivity index is 2.89. The van der Waals surface area contributed by atoms with Gasteiger partial charge < -0.3 is 10.1 Å². The summed E-state index contributed by atoms with van der Waals surface area (Å²) in [5.74, 6) is 6.62. The summed E-state index contributed by atoms with van der Waals surface area (Å²) < 4.78 is 6.70. The highest BCUT2D eigenvalue weighted by atomic mass is 79.9. The third-order valence-corrected chi connectivity index (χ3v) is 2.92. The van der Waals surface area contributed by atoms with Crippen LogP contribution in [0.15, 0.2) is 22.7 Å². The zero-order chi connectivity index (χ0) is 12.7. The van der Waals surface area contributed by atoms with Crippen molar-refractivity contribution in [2.24, 2.45) is 0 Å². The monoisotopic (exact) mass is 295 g/mol. The zero-order valence-electron chi connectivity index (χ0n) is 10.5. The third kappa shape index (κ3) is 4.41. The smallest absolute Gasteiger partial charge is 0.149 e. The van der Waals surface area contributed by atoms with Gasteiger partial charge in [-0.05, 0) is 32.5 Å². The van der Waals surface area contributed by atoms with Gasteiger partial charge in [0.25, 0.3) is 0 Å². The summed E-state index contributed by atoms with van der Waals surface area (Å²) in [6.07, 6.45) is 0. The maximum Gasteiger partial charge on any atom is 0.149 e. The molecule has 0 spiro atoms. The predicted molar refractivity (Wildman–Crippen MR) is 75.2 cm³/mol. The van der Waals surface area contributed by atoms with E-state index in [0.29, 0.717) is 6.61 Å². The van der Waals surface area contributed by atoms with Crippen molar-refractivity contribution in [2.45, 2.75) is 26.8 Å². The molecule has 0 aliphatic carbocycles. The van der Waals surface area contributed by atoms with Gasteiger partial charge in [-0.2, -0.15) is 0 Å². The van der Waals surface area contributed by atoms with E-state index in [9.17, 15) is 0 Å². The number of halogens is 1. The van der Waals surface area contributed by atoms with Crippen LogP contribution in [0, 0.1) is 11.8 Å². The summed E-state index contributed by atoms with van der Waals surface area (Å²) in [6, 6.07) is 6.37. The SMILES string of the molecule is CC#CCOc1cc(Br)ccc1C(C)NCC. The van der Waals surface area contributed by atoms with Gasteiger partial charge >= 0.3 is 0 Å². The summed E-state index contributed by atoms with van der Waals surface area (Å²) in [5.41, 5.74) is 1.16. The van der Waals surface area contributed by atoms with Crippen LogP contribution in [0.3, 0.4) is 0 Å². The number of rotatable bonds is 5. The van der Waals surface area contributed by atoms with Gasteiger partial charge in [-0.3, -0.25) is 0 Å². The van der Waals surface area contributed by atoms with Crippen molar-refractivity contribution in [3.05, 3.63) is 28.2 Å². The first kappa shape index (κ1) is 14.1. The standard InChI is InChI=1S/C14H18BrNO/c1-4-6-9-17-14-10-12(15)7-8-13(14)11(3)16-5-2/h7-8,10-11,16H,5,9H2,1-3H3. The maximum atomic E-state index is 5.68. The lowest BCUT2D eigenvalue weighted by Gasteiger charge is -2.17. The van der Waals surface area contributed by atoms with E-state index < -0.39 is 0 Å². The Morgan fingerprint density at radius 1 is 1.47 bits per heavy atom. The van der Waals surface area contributed by atoms with Crippen molar-refractivity contribution < 1.29 is 4.74 Å². The van der Waals surface area contributed by atoms with Crippen molar-refractivity contribution in [3.63, 3.8) is 0 Å². The molecule has 0 bridgehead atoms. The Hall–Kier alpha value is -0.980. The molecular formula is C14H18BrNO. The molecule has 0 saturated heterocycles. The lowest BCUT2D eigenvalue weighted by atomic mass is 10.1. The number of ether oxygens (including phenoxy) is 1. The number of hydrogen-bond acceptors (Lipinski definition) is 2. The van der Waals surface area contributed by atoms with Gasteiger partial charge in [-0.1, -0.05) is 34.8 Å². The summed E-state index contributed by atoms with van der Waals surface area (Å²) in [5, 5.41) is 3.38. The van der Waals surface area contributed by atoms with E-state index in [1.54, 1.807) is 0 Å². The molecule has 0 aromatic heterocycles. The summed E-state index contributed by atoms with van der Waals surface area (Å²) in [6.45, 7) is 7.40. The number of hydrogen-bond donors (Lipinski definition) is 1. The second-order valence-electron chi connectivity index (χ2n) is 3.68. The molecule has 1 aromatic rings.